The number of rotatable bonds is 6. The van der Waals surface area contributed by atoms with E-state index < -0.39 is 0 Å². The first-order valence-electron chi connectivity index (χ1n) is 6.37. The smallest absolute Gasteiger partial charge is 0.265 e. The zero-order valence-corrected chi connectivity index (χ0v) is 11.8. The number of amides is 1. The second kappa shape index (κ2) is 6.42. The number of nitrogens with one attached hydrogen (secondary N) is 2. The normalized spacial score (nSPS) is 12.3. The van der Waals surface area contributed by atoms with Gasteiger partial charge in [0, 0.05) is 12.4 Å². The van der Waals surface area contributed by atoms with E-state index in [1.165, 1.54) is 0 Å². The number of aromatic nitrogens is 4. The molecule has 1 unspecified atom stereocenters. The number of carbonyl (C=O) groups excluding carboxylic acids is 1. The predicted octanol–water partition coefficient (Wildman–Crippen LogP) is 2.09. The molecule has 1 amide bonds. The maximum Gasteiger partial charge on any atom is 0.265 e. The van der Waals surface area contributed by atoms with Gasteiger partial charge in [-0.15, -0.1) is 5.10 Å². The van der Waals surface area contributed by atoms with Gasteiger partial charge in [0.05, 0.1) is 11.7 Å². The second-order valence-corrected chi connectivity index (χ2v) is 4.96. The lowest BCUT2D eigenvalue weighted by Gasteiger charge is -2.14. The van der Waals surface area contributed by atoms with E-state index in [1.54, 1.807) is 12.4 Å². The van der Waals surface area contributed by atoms with E-state index in [-0.39, 0.29) is 11.9 Å². The first-order valence-corrected chi connectivity index (χ1v) is 7.15. The summed E-state index contributed by atoms with van der Waals surface area (Å²) in [5, 5.41) is 6.98. The van der Waals surface area contributed by atoms with Crippen LogP contribution in [0.25, 0.3) is 0 Å². The number of carbonyl (C=O) groups is 1. The maximum atomic E-state index is 12.2. The molecule has 0 fully saturated rings. The van der Waals surface area contributed by atoms with Crippen molar-refractivity contribution in [2.75, 3.05) is 0 Å². The Labute approximate surface area is 115 Å². The summed E-state index contributed by atoms with van der Waals surface area (Å²) in [6, 6.07) is -0.112. The van der Waals surface area contributed by atoms with Crippen molar-refractivity contribution < 1.29 is 4.79 Å². The largest absolute Gasteiger partial charge is 0.347 e. The number of hydrogen-bond donors (Lipinski definition) is 2. The number of nitrogens with zero attached hydrogens (tertiary/aromatic N) is 3. The molecule has 19 heavy (non-hydrogen) atoms. The third-order valence-corrected chi connectivity index (χ3v) is 3.58. The van der Waals surface area contributed by atoms with Gasteiger partial charge in [-0.1, -0.05) is 24.8 Å². The maximum absolute atomic E-state index is 12.2. The zero-order valence-electron chi connectivity index (χ0n) is 11.0. The minimum atomic E-state index is -0.123. The number of hydrogen-bond acceptors (Lipinski definition) is 5. The molecule has 0 aliphatic carbocycles. The SMILES string of the molecule is CCCc1nnsc1C(=O)NC(CC)c1ncc[nH]1. The lowest BCUT2D eigenvalue weighted by Crippen LogP contribution is -2.29. The molecule has 2 aromatic heterocycles. The fourth-order valence-electron chi connectivity index (χ4n) is 1.84. The molecule has 0 aliphatic heterocycles. The van der Waals surface area contributed by atoms with E-state index >= 15 is 0 Å². The van der Waals surface area contributed by atoms with E-state index in [9.17, 15) is 4.79 Å². The Morgan fingerprint density at radius 2 is 2.37 bits per heavy atom. The molecular formula is C12H17N5OS. The van der Waals surface area contributed by atoms with Crippen LogP contribution in [0.1, 0.15) is 53.9 Å². The second-order valence-electron chi connectivity index (χ2n) is 4.21. The Morgan fingerprint density at radius 1 is 1.53 bits per heavy atom. The molecule has 0 spiro atoms. The summed E-state index contributed by atoms with van der Waals surface area (Å²) >= 11 is 1.14. The van der Waals surface area contributed by atoms with Crippen LogP contribution in [0.15, 0.2) is 12.4 Å². The van der Waals surface area contributed by atoms with Crippen LogP contribution in [0.4, 0.5) is 0 Å². The first kappa shape index (κ1) is 13.7. The van der Waals surface area contributed by atoms with Gasteiger partial charge in [0.15, 0.2) is 0 Å². The third kappa shape index (κ3) is 3.17. The standard InChI is InChI=1S/C12H17N5OS/c1-3-5-9-10(19-17-16-9)12(18)15-8(4-2)11-13-6-7-14-11/h6-8H,3-5H2,1-2H3,(H,13,14)(H,15,18). The van der Waals surface area contributed by atoms with Crippen molar-refractivity contribution in [3.63, 3.8) is 0 Å². The number of aromatic amines is 1. The fourth-order valence-corrected chi connectivity index (χ4v) is 2.45. The Morgan fingerprint density at radius 3 is 3.00 bits per heavy atom. The molecule has 0 aromatic carbocycles. The van der Waals surface area contributed by atoms with Gasteiger partial charge in [-0.3, -0.25) is 4.79 Å². The predicted molar refractivity (Wildman–Crippen MR) is 73.0 cm³/mol. The van der Waals surface area contributed by atoms with E-state index in [0.717, 1.165) is 42.3 Å². The van der Waals surface area contributed by atoms with Gasteiger partial charge in [-0.25, -0.2) is 4.98 Å². The van der Waals surface area contributed by atoms with E-state index in [0.29, 0.717) is 4.88 Å². The molecule has 0 aliphatic rings. The van der Waals surface area contributed by atoms with Crippen molar-refractivity contribution in [2.24, 2.45) is 0 Å². The molecule has 1 atom stereocenters. The summed E-state index contributed by atoms with van der Waals surface area (Å²) in [5.41, 5.74) is 0.777. The van der Waals surface area contributed by atoms with Crippen molar-refractivity contribution >= 4 is 17.4 Å². The summed E-state index contributed by atoms with van der Waals surface area (Å²) in [5.74, 6) is 0.645. The molecular weight excluding hydrogens is 262 g/mol. The molecule has 0 radical (unpaired) electrons. The lowest BCUT2D eigenvalue weighted by atomic mass is 10.2. The van der Waals surface area contributed by atoms with Crippen molar-refractivity contribution in [3.8, 4) is 0 Å². The minimum absolute atomic E-state index is 0.112. The van der Waals surface area contributed by atoms with Crippen LogP contribution in [0.3, 0.4) is 0 Å². The molecule has 0 bridgehead atoms. The van der Waals surface area contributed by atoms with E-state index in [2.05, 4.69) is 31.8 Å². The number of aryl methyl sites for hydroxylation is 1. The molecule has 2 rings (SSSR count). The zero-order chi connectivity index (χ0) is 13.7. The summed E-state index contributed by atoms with van der Waals surface area (Å²) in [7, 11) is 0. The van der Waals surface area contributed by atoms with Gasteiger partial charge < -0.3 is 10.3 Å². The van der Waals surface area contributed by atoms with E-state index in [1.807, 2.05) is 6.92 Å². The number of H-pyrrole nitrogens is 1. The van der Waals surface area contributed by atoms with Gasteiger partial charge >= 0.3 is 0 Å². The minimum Gasteiger partial charge on any atom is -0.347 e. The molecule has 2 N–H and O–H groups in total. The van der Waals surface area contributed by atoms with Crippen LogP contribution in [-0.4, -0.2) is 25.5 Å². The van der Waals surface area contributed by atoms with Gasteiger partial charge in [0.1, 0.15) is 10.7 Å². The van der Waals surface area contributed by atoms with Gasteiger partial charge in [-0.05, 0) is 24.4 Å². The molecule has 6 nitrogen and oxygen atoms in total. The summed E-state index contributed by atoms with van der Waals surface area (Å²) in [4.78, 5) is 20.1. The fraction of sp³-hybridized carbons (Fsp3) is 0.500. The highest BCUT2D eigenvalue weighted by molar-refractivity contribution is 7.08. The molecule has 2 aromatic rings. The summed E-state index contributed by atoms with van der Waals surface area (Å²) in [6.07, 6.45) is 5.92. The van der Waals surface area contributed by atoms with Crippen LogP contribution in [-0.2, 0) is 6.42 Å². The van der Waals surface area contributed by atoms with Crippen molar-refractivity contribution in [1.29, 1.82) is 0 Å². The number of imidazole rings is 1. The highest BCUT2D eigenvalue weighted by Gasteiger charge is 2.20. The van der Waals surface area contributed by atoms with Crippen LogP contribution >= 0.6 is 11.5 Å². The van der Waals surface area contributed by atoms with Gasteiger partial charge in [-0.2, -0.15) is 0 Å². The van der Waals surface area contributed by atoms with E-state index in [4.69, 9.17) is 0 Å². The Kier molecular flexibility index (Phi) is 4.62. The monoisotopic (exact) mass is 279 g/mol. The Hall–Kier alpha value is -1.76. The van der Waals surface area contributed by atoms with Crippen LogP contribution in [0, 0.1) is 0 Å². The molecule has 0 saturated carbocycles. The molecule has 0 saturated heterocycles. The summed E-state index contributed by atoms with van der Waals surface area (Å²) in [6.45, 7) is 4.06. The topological polar surface area (TPSA) is 83.6 Å². The summed E-state index contributed by atoms with van der Waals surface area (Å²) < 4.78 is 3.87. The Balaban J connectivity index is 2.09. The average molecular weight is 279 g/mol. The van der Waals surface area contributed by atoms with Crippen LogP contribution < -0.4 is 5.32 Å². The highest BCUT2D eigenvalue weighted by Crippen LogP contribution is 2.16. The van der Waals surface area contributed by atoms with Gasteiger partial charge in [0.2, 0.25) is 0 Å². The lowest BCUT2D eigenvalue weighted by molar-refractivity contribution is 0.0937. The van der Waals surface area contributed by atoms with Crippen molar-refractivity contribution in [3.05, 3.63) is 28.8 Å². The third-order valence-electron chi connectivity index (χ3n) is 2.81. The van der Waals surface area contributed by atoms with Gasteiger partial charge in [0.25, 0.3) is 5.91 Å². The van der Waals surface area contributed by atoms with Crippen LogP contribution in [0.5, 0.6) is 0 Å². The van der Waals surface area contributed by atoms with Crippen molar-refractivity contribution in [2.45, 2.75) is 39.2 Å². The quantitative estimate of drug-likeness (QED) is 0.848. The van der Waals surface area contributed by atoms with Crippen molar-refractivity contribution in [1.82, 2.24) is 24.9 Å². The molecule has 2 heterocycles. The van der Waals surface area contributed by atoms with Crippen LogP contribution in [0.2, 0.25) is 0 Å². The molecule has 7 heteroatoms. The average Bonchev–Trinajstić information content (AvgIpc) is 3.06. The first-order chi connectivity index (χ1) is 9.26. The Bertz CT molecular complexity index is 522. The highest BCUT2D eigenvalue weighted by atomic mass is 32.1. The molecule has 102 valence electrons.